The second kappa shape index (κ2) is 44.5. The molecular formula is C56H100N2O14. The Hall–Kier alpha value is -3.95. The van der Waals surface area contributed by atoms with Crippen LogP contribution in [0.25, 0.3) is 0 Å². The molecule has 2 atom stereocenters. The number of ether oxygens (including phenoxy) is 7. The number of amides is 1. The summed E-state index contributed by atoms with van der Waals surface area (Å²) in [6.45, 7) is 9.92. The number of hydrogen-bond donors (Lipinski definition) is 0. The first kappa shape index (κ1) is 66.1. The maximum Gasteiger partial charge on any atom is 0.410 e. The summed E-state index contributed by atoms with van der Waals surface area (Å²) in [6, 6.07) is -0.730. The molecule has 0 aromatic carbocycles. The average molecular weight is 1030 g/mol. The van der Waals surface area contributed by atoms with E-state index in [0.717, 1.165) is 128 Å². The highest BCUT2D eigenvalue weighted by Gasteiger charge is 2.40. The van der Waals surface area contributed by atoms with E-state index in [-0.39, 0.29) is 91.1 Å². The minimum atomic E-state index is -0.807. The number of likely N-dealkylation sites (tertiary alicyclic amines) is 1. The third-order valence-electron chi connectivity index (χ3n) is 12.9. The van der Waals surface area contributed by atoms with Gasteiger partial charge in [-0.15, -0.1) is 0 Å². The van der Waals surface area contributed by atoms with Crippen LogP contribution in [-0.4, -0.2) is 131 Å². The van der Waals surface area contributed by atoms with Crippen molar-refractivity contribution in [1.29, 1.82) is 0 Å². The number of carbonyl (C=O) groups excluding carboxylic acids is 7. The number of unbranched alkanes of at least 4 members (excludes halogenated alkanes) is 20. The molecule has 72 heavy (non-hydrogen) atoms. The van der Waals surface area contributed by atoms with Crippen molar-refractivity contribution in [2.75, 3.05) is 66.8 Å². The first-order valence-corrected chi connectivity index (χ1v) is 28.4. The van der Waals surface area contributed by atoms with Crippen molar-refractivity contribution in [3.8, 4) is 0 Å². The molecule has 0 aromatic heterocycles. The minimum absolute atomic E-state index is 0.0441. The molecule has 0 bridgehead atoms. The number of nitrogens with zero attached hydrogens (tertiary/aromatic N) is 2. The Labute approximate surface area is 434 Å². The van der Waals surface area contributed by atoms with Gasteiger partial charge < -0.3 is 38.1 Å². The Morgan fingerprint density at radius 2 is 0.736 bits per heavy atom. The smallest absolute Gasteiger partial charge is 0.410 e. The van der Waals surface area contributed by atoms with E-state index in [1.165, 1.54) is 30.6 Å². The predicted molar refractivity (Wildman–Crippen MR) is 278 cm³/mol. The second-order valence-electron chi connectivity index (χ2n) is 20.2. The van der Waals surface area contributed by atoms with E-state index in [1.807, 2.05) is 19.0 Å². The first-order valence-electron chi connectivity index (χ1n) is 28.4. The molecule has 0 saturated carbocycles. The van der Waals surface area contributed by atoms with Crippen molar-refractivity contribution < 1.29 is 66.7 Å². The Morgan fingerprint density at radius 1 is 0.417 bits per heavy atom. The van der Waals surface area contributed by atoms with Gasteiger partial charge in [-0.1, -0.05) is 156 Å². The van der Waals surface area contributed by atoms with Crippen molar-refractivity contribution in [2.45, 2.75) is 239 Å². The van der Waals surface area contributed by atoms with Crippen LogP contribution in [0.2, 0.25) is 0 Å². The monoisotopic (exact) mass is 1020 g/mol. The van der Waals surface area contributed by atoms with Crippen molar-refractivity contribution >= 4 is 41.9 Å². The minimum Gasteiger partial charge on any atom is -0.466 e. The number of hydrogen-bond acceptors (Lipinski definition) is 15. The maximum atomic E-state index is 13.6. The Balaban J connectivity index is 3.03. The van der Waals surface area contributed by atoms with Gasteiger partial charge in [0.15, 0.2) is 0 Å². The van der Waals surface area contributed by atoms with Gasteiger partial charge in [0.05, 0.1) is 39.0 Å². The molecule has 0 spiro atoms. The van der Waals surface area contributed by atoms with Gasteiger partial charge >= 0.3 is 41.9 Å². The van der Waals surface area contributed by atoms with Crippen LogP contribution >= 0.6 is 0 Å². The molecule has 1 fully saturated rings. The molecule has 0 radical (unpaired) electrons. The fraction of sp³-hybridized carbons (Fsp3) is 0.875. The fourth-order valence-corrected chi connectivity index (χ4v) is 8.58. The molecule has 0 aliphatic carbocycles. The summed E-state index contributed by atoms with van der Waals surface area (Å²) in [5.41, 5.74) is 0. The molecule has 1 heterocycles. The standard InChI is InChI=1S/C56H100N2O14/c1-7-11-15-19-23-27-32-66-50(59)37-46(38-51(60)67-33-28-24-20-16-12-8-2)41-54(63)71-45-48-43-49(44-58(48)56(65)70-36-31-57(5)6)72-55(64)42-47(39-52(61)68-34-29-25-21-17-13-9-3)40-53(62)69-35-30-26-22-18-14-10-4/h46-49H,7-45H2,1-6H3/t48-,49-/m1/s1. The SMILES string of the molecule is CCCCCCCCOC(=O)CC(CC(=O)OCCCCCCCC)CC(=O)OC[C@H]1C[C@@H](OC(=O)CC(CC(=O)OCCCCCCCC)CC(=O)OCCCCCCCC)CN1C(=O)OCCN(C)C. The molecule has 16 heteroatoms. The Bertz CT molecular complexity index is 1400. The van der Waals surface area contributed by atoms with Crippen molar-refractivity contribution in [3.05, 3.63) is 0 Å². The summed E-state index contributed by atoms with van der Waals surface area (Å²) in [6.07, 6.45) is 22.2. The lowest BCUT2D eigenvalue weighted by atomic mass is 9.97. The molecule has 418 valence electrons. The predicted octanol–water partition coefficient (Wildman–Crippen LogP) is 11.4. The van der Waals surface area contributed by atoms with Gasteiger partial charge in [-0.3, -0.25) is 33.7 Å². The zero-order valence-corrected chi connectivity index (χ0v) is 46.0. The molecule has 1 aliphatic rings. The van der Waals surface area contributed by atoms with Gasteiger partial charge in [0, 0.05) is 51.5 Å². The highest BCUT2D eigenvalue weighted by Crippen LogP contribution is 2.26. The van der Waals surface area contributed by atoms with Gasteiger partial charge in [0.25, 0.3) is 0 Å². The topological polar surface area (TPSA) is 191 Å². The largest absolute Gasteiger partial charge is 0.466 e. The number of rotatable bonds is 46. The van der Waals surface area contributed by atoms with E-state index in [4.69, 9.17) is 33.2 Å². The van der Waals surface area contributed by atoms with E-state index in [9.17, 15) is 33.6 Å². The van der Waals surface area contributed by atoms with Crippen molar-refractivity contribution in [2.24, 2.45) is 11.8 Å². The van der Waals surface area contributed by atoms with E-state index in [0.29, 0.717) is 6.54 Å². The summed E-state index contributed by atoms with van der Waals surface area (Å²) in [7, 11) is 3.69. The van der Waals surface area contributed by atoms with Crippen LogP contribution in [-0.2, 0) is 61.9 Å². The van der Waals surface area contributed by atoms with E-state index < -0.39 is 65.9 Å². The zero-order chi connectivity index (χ0) is 53.0. The lowest BCUT2D eigenvalue weighted by Crippen LogP contribution is -2.40. The van der Waals surface area contributed by atoms with Crippen LogP contribution in [0.3, 0.4) is 0 Å². The lowest BCUT2D eigenvalue weighted by Gasteiger charge is -2.24. The lowest BCUT2D eigenvalue weighted by molar-refractivity contribution is -0.154. The number of likely N-dealkylation sites (N-methyl/N-ethyl adjacent to an activating group) is 1. The van der Waals surface area contributed by atoms with E-state index in [1.54, 1.807) is 0 Å². The molecule has 16 nitrogen and oxygen atoms in total. The van der Waals surface area contributed by atoms with Crippen molar-refractivity contribution in [3.63, 3.8) is 0 Å². The molecule has 1 rings (SSSR count). The third kappa shape index (κ3) is 36.9. The summed E-state index contributed by atoms with van der Waals surface area (Å²) < 4.78 is 39.2. The molecule has 1 amide bonds. The summed E-state index contributed by atoms with van der Waals surface area (Å²) in [5, 5.41) is 0. The van der Waals surface area contributed by atoms with Crippen molar-refractivity contribution in [1.82, 2.24) is 9.80 Å². The van der Waals surface area contributed by atoms with Gasteiger partial charge in [-0.05, 0) is 51.6 Å². The summed E-state index contributed by atoms with van der Waals surface area (Å²) in [4.78, 5) is 95.6. The molecular weight excluding hydrogens is 925 g/mol. The zero-order valence-electron chi connectivity index (χ0n) is 46.0. The molecule has 0 aromatic rings. The van der Waals surface area contributed by atoms with E-state index >= 15 is 0 Å². The summed E-state index contributed by atoms with van der Waals surface area (Å²) in [5.74, 6) is -4.82. The highest BCUT2D eigenvalue weighted by atomic mass is 16.6. The number of esters is 6. The van der Waals surface area contributed by atoms with Crippen LogP contribution in [0.15, 0.2) is 0 Å². The normalized spacial score (nSPS) is 14.4. The van der Waals surface area contributed by atoms with Gasteiger partial charge in [-0.2, -0.15) is 0 Å². The van der Waals surface area contributed by atoms with Crippen LogP contribution < -0.4 is 0 Å². The Kier molecular flexibility index (Phi) is 40.9. The number of carbonyl (C=O) groups is 7. The fourth-order valence-electron chi connectivity index (χ4n) is 8.58. The van der Waals surface area contributed by atoms with Crippen LogP contribution in [0, 0.1) is 11.8 Å². The van der Waals surface area contributed by atoms with Crippen LogP contribution in [0.4, 0.5) is 4.79 Å². The van der Waals surface area contributed by atoms with E-state index in [2.05, 4.69) is 27.7 Å². The quantitative estimate of drug-likeness (QED) is 0.0318. The molecule has 0 unspecified atom stereocenters. The van der Waals surface area contributed by atoms with Gasteiger partial charge in [0.2, 0.25) is 0 Å². The van der Waals surface area contributed by atoms with Gasteiger partial charge in [0.1, 0.15) is 19.3 Å². The Morgan fingerprint density at radius 3 is 1.08 bits per heavy atom. The maximum absolute atomic E-state index is 13.6. The first-order chi connectivity index (χ1) is 34.8. The summed E-state index contributed by atoms with van der Waals surface area (Å²) >= 11 is 0. The second-order valence-corrected chi connectivity index (χ2v) is 20.2. The molecule has 0 N–H and O–H groups in total. The average Bonchev–Trinajstić information content (AvgIpc) is 3.74. The van der Waals surface area contributed by atoms with Gasteiger partial charge in [-0.25, -0.2) is 4.79 Å². The van der Waals surface area contributed by atoms with Crippen LogP contribution in [0.5, 0.6) is 0 Å². The van der Waals surface area contributed by atoms with Crippen LogP contribution in [0.1, 0.15) is 227 Å². The third-order valence-corrected chi connectivity index (χ3v) is 12.9. The molecule has 1 aliphatic heterocycles. The molecule has 1 saturated heterocycles. The highest BCUT2D eigenvalue weighted by molar-refractivity contribution is 5.78.